The van der Waals surface area contributed by atoms with Crippen LogP contribution in [0.25, 0.3) is 0 Å². The number of ether oxygens (including phenoxy) is 1. The van der Waals surface area contributed by atoms with Gasteiger partial charge in [0.1, 0.15) is 0 Å². The summed E-state index contributed by atoms with van der Waals surface area (Å²) >= 11 is 0. The van der Waals surface area contributed by atoms with E-state index < -0.39 is 5.97 Å². The molecule has 0 bridgehead atoms. The van der Waals surface area contributed by atoms with Gasteiger partial charge in [-0.2, -0.15) is 0 Å². The first-order valence-electron chi connectivity index (χ1n) is 4.46. The van der Waals surface area contributed by atoms with Crippen LogP contribution in [0.5, 0.6) is 0 Å². The number of nitrogens with one attached hydrogen (secondary N) is 1. The summed E-state index contributed by atoms with van der Waals surface area (Å²) < 4.78 is 4.53. The quantitative estimate of drug-likeness (QED) is 0.720. The van der Waals surface area contributed by atoms with Crippen LogP contribution in [0.4, 0.5) is 5.95 Å². The predicted octanol–water partition coefficient (Wildman–Crippen LogP) is 0.837. The number of carbonyl (C=O) groups is 1. The number of rotatable bonds is 3. The Morgan fingerprint density at radius 1 is 1.50 bits per heavy atom. The van der Waals surface area contributed by atoms with Crippen molar-refractivity contribution in [2.24, 2.45) is 0 Å². The summed E-state index contributed by atoms with van der Waals surface area (Å²) in [5.41, 5.74) is 0.369. The second-order valence-electron chi connectivity index (χ2n) is 3.21. The number of esters is 1. The van der Waals surface area contributed by atoms with E-state index in [4.69, 9.17) is 0 Å². The lowest BCUT2D eigenvalue weighted by molar-refractivity contribution is 0.0600. The van der Waals surface area contributed by atoms with Gasteiger partial charge in [0.25, 0.3) is 0 Å². The van der Waals surface area contributed by atoms with Gasteiger partial charge < -0.3 is 10.1 Å². The molecule has 2 rings (SSSR count). The zero-order valence-corrected chi connectivity index (χ0v) is 7.86. The van der Waals surface area contributed by atoms with Gasteiger partial charge in [-0.1, -0.05) is 0 Å². The van der Waals surface area contributed by atoms with E-state index in [2.05, 4.69) is 20.0 Å². The second kappa shape index (κ2) is 3.61. The Kier molecular flexibility index (Phi) is 2.30. The topological polar surface area (TPSA) is 64.1 Å². The van der Waals surface area contributed by atoms with E-state index in [1.54, 1.807) is 0 Å². The number of hydrogen-bond donors (Lipinski definition) is 1. The van der Waals surface area contributed by atoms with Crippen LogP contribution in [-0.4, -0.2) is 29.1 Å². The summed E-state index contributed by atoms with van der Waals surface area (Å²) in [7, 11) is 1.33. The van der Waals surface area contributed by atoms with Crippen LogP contribution in [-0.2, 0) is 4.74 Å². The van der Waals surface area contributed by atoms with Crippen molar-refractivity contribution < 1.29 is 9.53 Å². The Hall–Kier alpha value is -1.65. The molecule has 0 spiro atoms. The third kappa shape index (κ3) is 1.99. The van der Waals surface area contributed by atoms with E-state index >= 15 is 0 Å². The Bertz CT molecular complexity index is 332. The third-order valence-corrected chi connectivity index (χ3v) is 1.98. The maximum Gasteiger partial charge on any atom is 0.341 e. The van der Waals surface area contributed by atoms with Gasteiger partial charge >= 0.3 is 5.97 Å². The van der Waals surface area contributed by atoms with E-state index in [1.165, 1.54) is 32.3 Å². The highest BCUT2D eigenvalue weighted by atomic mass is 16.5. The van der Waals surface area contributed by atoms with Crippen LogP contribution in [0.1, 0.15) is 23.2 Å². The highest BCUT2D eigenvalue weighted by molar-refractivity contribution is 5.88. The van der Waals surface area contributed by atoms with Gasteiger partial charge in [0, 0.05) is 18.4 Å². The van der Waals surface area contributed by atoms with Crippen LogP contribution in [0.15, 0.2) is 12.4 Å². The minimum Gasteiger partial charge on any atom is -0.465 e. The average molecular weight is 193 g/mol. The monoisotopic (exact) mass is 193 g/mol. The molecule has 5 heteroatoms. The number of methoxy groups -OCH3 is 1. The molecule has 0 aromatic carbocycles. The Morgan fingerprint density at radius 3 is 2.64 bits per heavy atom. The molecule has 74 valence electrons. The summed E-state index contributed by atoms with van der Waals surface area (Å²) in [6.07, 6.45) is 5.26. The lowest BCUT2D eigenvalue weighted by atomic mass is 10.3. The second-order valence-corrected chi connectivity index (χ2v) is 3.21. The lowest BCUT2D eigenvalue weighted by Gasteiger charge is -2.02. The fourth-order valence-corrected chi connectivity index (χ4v) is 1.04. The van der Waals surface area contributed by atoms with E-state index in [-0.39, 0.29) is 0 Å². The number of nitrogens with zero attached hydrogens (tertiary/aromatic N) is 2. The minimum absolute atomic E-state index is 0.369. The lowest BCUT2D eigenvalue weighted by Crippen LogP contribution is -2.08. The van der Waals surface area contributed by atoms with Crippen molar-refractivity contribution >= 4 is 11.9 Å². The molecule has 0 aliphatic heterocycles. The number of anilines is 1. The Morgan fingerprint density at radius 2 is 2.14 bits per heavy atom. The molecule has 1 aliphatic carbocycles. The number of carbonyl (C=O) groups excluding carboxylic acids is 1. The first-order chi connectivity index (χ1) is 6.79. The molecular formula is C9H11N3O2. The molecule has 1 N–H and O–H groups in total. The summed E-state index contributed by atoms with van der Waals surface area (Å²) in [5, 5.41) is 3.13. The normalized spacial score (nSPS) is 14.9. The number of hydrogen-bond acceptors (Lipinski definition) is 5. The molecule has 0 unspecified atom stereocenters. The van der Waals surface area contributed by atoms with Gasteiger partial charge in [-0.25, -0.2) is 14.8 Å². The first kappa shape index (κ1) is 8.93. The Labute approximate surface area is 81.5 Å². The van der Waals surface area contributed by atoms with Crippen LogP contribution in [0.2, 0.25) is 0 Å². The minimum atomic E-state index is -0.414. The summed E-state index contributed by atoms with van der Waals surface area (Å²) in [5.74, 6) is 0.156. The van der Waals surface area contributed by atoms with Crippen molar-refractivity contribution in [2.45, 2.75) is 18.9 Å². The molecular weight excluding hydrogens is 182 g/mol. The van der Waals surface area contributed by atoms with E-state index in [0.717, 1.165) is 0 Å². The molecule has 0 atom stereocenters. The van der Waals surface area contributed by atoms with Crippen molar-refractivity contribution in [1.29, 1.82) is 0 Å². The molecule has 1 fully saturated rings. The van der Waals surface area contributed by atoms with Crippen molar-refractivity contribution in [3.8, 4) is 0 Å². The van der Waals surface area contributed by atoms with E-state index in [1.807, 2.05) is 0 Å². The van der Waals surface area contributed by atoms with Crippen LogP contribution < -0.4 is 5.32 Å². The fourth-order valence-electron chi connectivity index (χ4n) is 1.04. The van der Waals surface area contributed by atoms with Crippen molar-refractivity contribution in [1.82, 2.24) is 9.97 Å². The van der Waals surface area contributed by atoms with Crippen LogP contribution >= 0.6 is 0 Å². The van der Waals surface area contributed by atoms with Gasteiger partial charge in [0.05, 0.1) is 12.7 Å². The zero-order valence-electron chi connectivity index (χ0n) is 7.86. The number of aromatic nitrogens is 2. The Balaban J connectivity index is 2.04. The molecule has 1 saturated carbocycles. The van der Waals surface area contributed by atoms with Gasteiger partial charge in [-0.3, -0.25) is 0 Å². The maximum absolute atomic E-state index is 11.0. The first-order valence-corrected chi connectivity index (χ1v) is 4.46. The van der Waals surface area contributed by atoms with Gasteiger partial charge in [0.15, 0.2) is 0 Å². The molecule has 1 aliphatic rings. The summed E-state index contributed by atoms with van der Waals surface area (Å²) in [4.78, 5) is 19.0. The van der Waals surface area contributed by atoms with Crippen LogP contribution in [0.3, 0.4) is 0 Å². The predicted molar refractivity (Wildman–Crippen MR) is 50.0 cm³/mol. The average Bonchev–Trinajstić information content (AvgIpc) is 3.02. The van der Waals surface area contributed by atoms with Gasteiger partial charge in [0.2, 0.25) is 5.95 Å². The third-order valence-electron chi connectivity index (χ3n) is 1.98. The maximum atomic E-state index is 11.0. The molecule has 1 aromatic rings. The van der Waals surface area contributed by atoms with Crippen LogP contribution in [0, 0.1) is 0 Å². The molecule has 0 saturated heterocycles. The van der Waals surface area contributed by atoms with Crippen molar-refractivity contribution in [3.63, 3.8) is 0 Å². The highest BCUT2D eigenvalue weighted by Gasteiger charge is 2.21. The molecule has 1 aromatic heterocycles. The molecule has 0 radical (unpaired) electrons. The van der Waals surface area contributed by atoms with E-state index in [0.29, 0.717) is 17.6 Å². The van der Waals surface area contributed by atoms with Crippen molar-refractivity contribution in [2.75, 3.05) is 12.4 Å². The molecule has 14 heavy (non-hydrogen) atoms. The standard InChI is InChI=1S/C9H11N3O2/c1-14-8(13)6-4-10-9(11-5-6)12-7-2-3-7/h4-5,7H,2-3H2,1H3,(H,10,11,12). The van der Waals surface area contributed by atoms with Crippen molar-refractivity contribution in [3.05, 3.63) is 18.0 Å². The SMILES string of the molecule is COC(=O)c1cnc(NC2CC2)nc1. The molecule has 1 heterocycles. The summed E-state index contributed by atoms with van der Waals surface area (Å²) in [6, 6.07) is 0.513. The van der Waals surface area contributed by atoms with Gasteiger partial charge in [-0.05, 0) is 12.8 Å². The van der Waals surface area contributed by atoms with Gasteiger partial charge in [-0.15, -0.1) is 0 Å². The van der Waals surface area contributed by atoms with E-state index in [9.17, 15) is 4.79 Å². The highest BCUT2D eigenvalue weighted by Crippen LogP contribution is 2.22. The largest absolute Gasteiger partial charge is 0.465 e. The molecule has 0 amide bonds. The fraction of sp³-hybridized carbons (Fsp3) is 0.444. The smallest absolute Gasteiger partial charge is 0.341 e. The zero-order chi connectivity index (χ0) is 9.97. The molecule has 5 nitrogen and oxygen atoms in total. The summed E-state index contributed by atoms with van der Waals surface area (Å²) in [6.45, 7) is 0.